The van der Waals surface area contributed by atoms with Gasteiger partial charge in [0, 0.05) is 40.6 Å². The van der Waals surface area contributed by atoms with Gasteiger partial charge in [0.05, 0.1) is 40.5 Å². The Hall–Kier alpha value is -5.01. The van der Waals surface area contributed by atoms with Crippen molar-refractivity contribution in [2.24, 2.45) is 11.1 Å². The van der Waals surface area contributed by atoms with Crippen LogP contribution in [0.25, 0.3) is 55.7 Å². The Morgan fingerprint density at radius 1 is 0.977 bits per heavy atom. The molecule has 11 nitrogen and oxygen atoms in total. The van der Waals surface area contributed by atoms with Crippen molar-refractivity contribution in [3.63, 3.8) is 0 Å². The first kappa shape index (κ1) is 29.1. The second-order valence-corrected chi connectivity index (χ2v) is 13.9. The van der Waals surface area contributed by atoms with E-state index in [0.717, 1.165) is 17.7 Å². The van der Waals surface area contributed by atoms with Crippen molar-refractivity contribution < 1.29 is 17.6 Å². The summed E-state index contributed by atoms with van der Waals surface area (Å²) in [6, 6.07) is 11.4. The average Bonchev–Trinajstić information content (AvgIpc) is 3.59. The fourth-order valence-corrected chi connectivity index (χ4v) is 5.43. The number of nitrogens with zero attached hydrogens (tertiary/aromatic N) is 4. The number of nitrogens with two attached hydrogens (primary N) is 1. The standard InChI is InChI=1S/C31H29FN8O3S/c1-31(2,3)30(41)36-20-10-18(12-34-13-20)23-5-6-24-27(38-23)28(40-39-24)25-11-21-22(14-35-15-26(21)37-25)16-7-17(9-19(32)8-16)29(33)44(4,42)43/h5-15,29,37H,33H2,1-4H3,(H,36,41)(H,39,40). The summed E-state index contributed by atoms with van der Waals surface area (Å²) in [6.07, 6.45) is 7.49. The van der Waals surface area contributed by atoms with Gasteiger partial charge < -0.3 is 16.0 Å². The molecule has 0 aliphatic rings. The van der Waals surface area contributed by atoms with Crippen LogP contribution in [-0.4, -0.2) is 50.7 Å². The highest BCUT2D eigenvalue weighted by atomic mass is 32.2. The average molecular weight is 613 g/mol. The zero-order valence-electron chi connectivity index (χ0n) is 24.3. The fraction of sp³-hybridized carbons (Fsp3) is 0.194. The molecule has 6 rings (SSSR count). The number of rotatable bonds is 6. The van der Waals surface area contributed by atoms with Gasteiger partial charge in [-0.1, -0.05) is 20.8 Å². The molecule has 1 unspecified atom stereocenters. The quantitative estimate of drug-likeness (QED) is 0.195. The summed E-state index contributed by atoms with van der Waals surface area (Å²) in [5.74, 6) is -0.742. The molecule has 0 bridgehead atoms. The van der Waals surface area contributed by atoms with E-state index < -0.39 is 26.4 Å². The lowest BCUT2D eigenvalue weighted by atomic mass is 9.95. The lowest BCUT2D eigenvalue weighted by molar-refractivity contribution is -0.123. The molecule has 224 valence electrons. The second-order valence-electron chi connectivity index (χ2n) is 11.7. The van der Waals surface area contributed by atoms with Gasteiger partial charge in [0.25, 0.3) is 0 Å². The van der Waals surface area contributed by atoms with Crippen LogP contribution in [0.1, 0.15) is 31.7 Å². The maximum Gasteiger partial charge on any atom is 0.229 e. The van der Waals surface area contributed by atoms with Gasteiger partial charge in [-0.3, -0.25) is 19.9 Å². The van der Waals surface area contributed by atoms with Crippen LogP contribution in [-0.2, 0) is 14.6 Å². The van der Waals surface area contributed by atoms with Gasteiger partial charge in [-0.05, 0) is 53.6 Å². The van der Waals surface area contributed by atoms with Crippen molar-refractivity contribution in [1.82, 2.24) is 30.1 Å². The van der Waals surface area contributed by atoms with Crippen molar-refractivity contribution in [2.75, 3.05) is 11.6 Å². The first-order valence-corrected chi connectivity index (χ1v) is 15.6. The fourth-order valence-electron chi connectivity index (χ4n) is 4.80. The summed E-state index contributed by atoms with van der Waals surface area (Å²) in [6.45, 7) is 5.51. The Balaban J connectivity index is 1.40. The molecule has 5 aromatic heterocycles. The Kier molecular flexibility index (Phi) is 7.01. The van der Waals surface area contributed by atoms with Crippen molar-refractivity contribution in [3.05, 3.63) is 78.6 Å². The molecule has 0 aliphatic heterocycles. The topological polar surface area (TPSA) is 172 Å². The molecule has 13 heteroatoms. The van der Waals surface area contributed by atoms with E-state index in [9.17, 15) is 17.6 Å². The molecule has 5 N–H and O–H groups in total. The number of sulfone groups is 1. The third kappa shape index (κ3) is 5.54. The number of halogens is 1. The van der Waals surface area contributed by atoms with Crippen molar-refractivity contribution in [3.8, 4) is 33.8 Å². The van der Waals surface area contributed by atoms with Crippen LogP contribution in [0.5, 0.6) is 0 Å². The van der Waals surface area contributed by atoms with E-state index in [1.807, 2.05) is 45.0 Å². The van der Waals surface area contributed by atoms with Gasteiger partial charge in [0.2, 0.25) is 5.91 Å². The van der Waals surface area contributed by atoms with Crippen molar-refractivity contribution >= 4 is 43.4 Å². The zero-order chi connectivity index (χ0) is 31.4. The van der Waals surface area contributed by atoms with Crippen molar-refractivity contribution in [2.45, 2.75) is 26.1 Å². The minimum Gasteiger partial charge on any atom is -0.352 e. The molecule has 0 fully saturated rings. The number of fused-ring (bicyclic) bond motifs is 2. The lowest BCUT2D eigenvalue weighted by Gasteiger charge is -2.17. The second kappa shape index (κ2) is 10.6. The minimum absolute atomic E-state index is 0.127. The zero-order valence-corrected chi connectivity index (χ0v) is 25.1. The molecule has 0 radical (unpaired) electrons. The van der Waals surface area contributed by atoms with E-state index >= 15 is 0 Å². The molecule has 0 saturated heterocycles. The number of aromatic nitrogens is 6. The number of H-pyrrole nitrogens is 2. The van der Waals surface area contributed by atoms with Crippen molar-refractivity contribution in [1.29, 1.82) is 0 Å². The molecule has 1 amide bonds. The number of nitrogens with one attached hydrogen (secondary N) is 3. The van der Waals surface area contributed by atoms with Crippen LogP contribution in [0, 0.1) is 11.2 Å². The Labute approximate surface area is 252 Å². The highest BCUT2D eigenvalue weighted by Crippen LogP contribution is 2.35. The van der Waals surface area contributed by atoms with Crippen LogP contribution in [0.15, 0.2) is 67.3 Å². The molecule has 0 spiro atoms. The Morgan fingerprint density at radius 3 is 2.50 bits per heavy atom. The van der Waals surface area contributed by atoms with E-state index in [1.54, 1.807) is 30.9 Å². The number of amides is 1. The normalized spacial score (nSPS) is 13.0. The predicted molar refractivity (Wildman–Crippen MR) is 167 cm³/mol. The smallest absolute Gasteiger partial charge is 0.229 e. The third-order valence-electron chi connectivity index (χ3n) is 7.20. The molecule has 0 saturated carbocycles. The molecule has 44 heavy (non-hydrogen) atoms. The summed E-state index contributed by atoms with van der Waals surface area (Å²) in [5.41, 5.74) is 11.6. The Morgan fingerprint density at radius 2 is 1.75 bits per heavy atom. The maximum absolute atomic E-state index is 14.7. The number of anilines is 1. The van der Waals surface area contributed by atoms with Crippen LogP contribution in [0.4, 0.5) is 10.1 Å². The van der Waals surface area contributed by atoms with Crippen LogP contribution >= 0.6 is 0 Å². The molecule has 5 heterocycles. The van der Waals surface area contributed by atoms with Crippen LogP contribution in [0.3, 0.4) is 0 Å². The number of pyridine rings is 3. The number of benzene rings is 1. The first-order chi connectivity index (χ1) is 20.8. The summed E-state index contributed by atoms with van der Waals surface area (Å²) in [7, 11) is -3.65. The van der Waals surface area contributed by atoms with Gasteiger partial charge in [0.1, 0.15) is 22.4 Å². The van der Waals surface area contributed by atoms with Crippen LogP contribution in [0.2, 0.25) is 0 Å². The predicted octanol–water partition coefficient (Wildman–Crippen LogP) is 5.36. The summed E-state index contributed by atoms with van der Waals surface area (Å²) in [5, 5.41) is 9.76. The number of hydrogen-bond acceptors (Lipinski definition) is 8. The first-order valence-electron chi connectivity index (χ1n) is 13.6. The third-order valence-corrected chi connectivity index (χ3v) is 8.40. The maximum atomic E-state index is 14.7. The molecule has 1 aromatic carbocycles. The van der Waals surface area contributed by atoms with E-state index in [-0.39, 0.29) is 11.5 Å². The number of carbonyl (C=O) groups excluding carboxylic acids is 1. The van der Waals surface area contributed by atoms with Gasteiger partial charge in [0.15, 0.2) is 9.84 Å². The number of carbonyl (C=O) groups is 1. The van der Waals surface area contributed by atoms with Gasteiger partial charge in [-0.2, -0.15) is 5.10 Å². The molecule has 6 aromatic rings. The van der Waals surface area contributed by atoms with E-state index in [0.29, 0.717) is 56.0 Å². The number of aromatic amines is 2. The van der Waals surface area contributed by atoms with E-state index in [1.165, 1.54) is 6.07 Å². The Bertz CT molecular complexity index is 2180. The van der Waals surface area contributed by atoms with Gasteiger partial charge in [-0.25, -0.2) is 17.8 Å². The minimum atomic E-state index is -3.65. The summed E-state index contributed by atoms with van der Waals surface area (Å²) < 4.78 is 38.8. The largest absolute Gasteiger partial charge is 0.352 e. The van der Waals surface area contributed by atoms with Gasteiger partial charge >= 0.3 is 0 Å². The highest BCUT2D eigenvalue weighted by molar-refractivity contribution is 7.90. The summed E-state index contributed by atoms with van der Waals surface area (Å²) in [4.78, 5) is 29.3. The molecule has 0 aliphatic carbocycles. The number of hydrogen-bond donors (Lipinski definition) is 4. The van der Waals surface area contributed by atoms with Crippen LogP contribution < -0.4 is 11.1 Å². The highest BCUT2D eigenvalue weighted by Gasteiger charge is 2.23. The monoisotopic (exact) mass is 612 g/mol. The lowest BCUT2D eigenvalue weighted by Crippen LogP contribution is -2.27. The molecular formula is C31H29FN8O3S. The van der Waals surface area contributed by atoms with E-state index in [4.69, 9.17) is 10.7 Å². The molecule has 1 atom stereocenters. The molecular weight excluding hydrogens is 583 g/mol. The summed E-state index contributed by atoms with van der Waals surface area (Å²) >= 11 is 0. The SMILES string of the molecule is CC(C)(C)C(=O)Nc1cncc(-c2ccc3[nH]nc(-c4cc5c(-c6cc(F)cc(C(N)S(C)(=O)=O)c6)cncc5[nH]4)c3n2)c1. The van der Waals surface area contributed by atoms with E-state index in [2.05, 4.69) is 30.5 Å². The van der Waals surface area contributed by atoms with Gasteiger partial charge in [-0.15, -0.1) is 0 Å².